The molecule has 0 aliphatic rings. The van der Waals surface area contributed by atoms with E-state index in [2.05, 4.69) is 30.6 Å². The predicted molar refractivity (Wildman–Crippen MR) is 75.8 cm³/mol. The minimum absolute atomic E-state index is 0.0373. The lowest BCUT2D eigenvalue weighted by molar-refractivity contribution is -0.0498. The number of hydrogen-bond donors (Lipinski definition) is 1. The van der Waals surface area contributed by atoms with E-state index in [0.717, 1.165) is 0 Å². The normalized spacial score (nSPS) is 11.3. The Bertz CT molecular complexity index is 765. The number of H-pyrrole nitrogens is 1. The van der Waals surface area contributed by atoms with Crippen molar-refractivity contribution >= 4 is 27.0 Å². The van der Waals surface area contributed by atoms with Crippen molar-refractivity contribution in [2.24, 2.45) is 0 Å². The van der Waals surface area contributed by atoms with Crippen molar-refractivity contribution in [3.05, 3.63) is 46.7 Å². The summed E-state index contributed by atoms with van der Waals surface area (Å²) in [5, 5.41) is 0. The van der Waals surface area contributed by atoms with Crippen LogP contribution in [0.3, 0.4) is 0 Å². The molecule has 3 nitrogen and oxygen atoms in total. The second-order valence-corrected chi connectivity index (χ2v) is 5.13. The molecule has 0 atom stereocenters. The van der Waals surface area contributed by atoms with Gasteiger partial charge in [0.05, 0.1) is 15.5 Å². The Hall–Kier alpha value is -2.02. The van der Waals surface area contributed by atoms with Gasteiger partial charge in [-0.05, 0) is 34.1 Å². The largest absolute Gasteiger partial charge is 0.435 e. The Balaban J connectivity index is 2.04. The van der Waals surface area contributed by atoms with Crippen LogP contribution in [0.2, 0.25) is 0 Å². The zero-order valence-electron chi connectivity index (χ0n) is 10.4. The van der Waals surface area contributed by atoms with Gasteiger partial charge in [-0.1, -0.05) is 12.1 Å². The molecule has 0 bridgehead atoms. The molecule has 0 saturated carbocycles. The number of nitrogens with one attached hydrogen (secondary N) is 1. The number of nitrogens with zero attached hydrogens (tertiary/aromatic N) is 1. The summed E-state index contributed by atoms with van der Waals surface area (Å²) in [4.78, 5) is 7.26. The third-order valence-corrected chi connectivity index (χ3v) is 3.46. The van der Waals surface area contributed by atoms with E-state index in [1.807, 2.05) is 0 Å². The first kappa shape index (κ1) is 13.9. The van der Waals surface area contributed by atoms with Crippen molar-refractivity contribution in [1.82, 2.24) is 9.97 Å². The van der Waals surface area contributed by atoms with Gasteiger partial charge in [-0.2, -0.15) is 8.78 Å². The molecule has 0 saturated heterocycles. The summed E-state index contributed by atoms with van der Waals surface area (Å²) in [5.74, 6) is 0.0741. The molecule has 108 valence electrons. The highest BCUT2D eigenvalue weighted by molar-refractivity contribution is 9.10. The molecule has 1 aromatic heterocycles. The van der Waals surface area contributed by atoms with Gasteiger partial charge >= 0.3 is 6.61 Å². The first-order valence-electron chi connectivity index (χ1n) is 5.93. The van der Waals surface area contributed by atoms with Crippen LogP contribution >= 0.6 is 15.9 Å². The Morgan fingerprint density at radius 3 is 2.76 bits per heavy atom. The molecule has 0 unspecified atom stereocenters. The molecule has 1 heterocycles. The summed E-state index contributed by atoms with van der Waals surface area (Å²) >= 11 is 3.09. The van der Waals surface area contributed by atoms with Crippen molar-refractivity contribution in [2.45, 2.75) is 6.61 Å². The highest BCUT2D eigenvalue weighted by Crippen LogP contribution is 2.27. The van der Waals surface area contributed by atoms with E-state index in [1.54, 1.807) is 18.2 Å². The van der Waals surface area contributed by atoms with Gasteiger partial charge in [-0.25, -0.2) is 9.37 Å². The highest BCUT2D eigenvalue weighted by atomic mass is 79.9. The molecule has 0 radical (unpaired) electrons. The van der Waals surface area contributed by atoms with Crippen molar-refractivity contribution in [3.63, 3.8) is 0 Å². The van der Waals surface area contributed by atoms with Gasteiger partial charge in [0.15, 0.2) is 0 Å². The van der Waals surface area contributed by atoms with Crippen molar-refractivity contribution in [3.8, 4) is 17.1 Å². The third-order valence-electron chi connectivity index (χ3n) is 2.86. The molecule has 7 heteroatoms. The van der Waals surface area contributed by atoms with E-state index >= 15 is 0 Å². The standard InChI is InChI=1S/C14H8BrF3N2O/c15-9-5-11-12(6-10(9)16)20-13(19-11)7-2-1-3-8(4-7)21-14(17)18/h1-6,14H,(H,19,20). The summed E-state index contributed by atoms with van der Waals surface area (Å²) in [6.07, 6.45) is 0. The summed E-state index contributed by atoms with van der Waals surface area (Å²) in [7, 11) is 0. The fourth-order valence-electron chi connectivity index (χ4n) is 1.96. The van der Waals surface area contributed by atoms with Gasteiger partial charge in [-0.15, -0.1) is 0 Å². The molecule has 3 rings (SSSR count). The van der Waals surface area contributed by atoms with E-state index in [0.29, 0.717) is 26.9 Å². The first-order valence-corrected chi connectivity index (χ1v) is 6.72. The number of aromatic nitrogens is 2. The summed E-state index contributed by atoms with van der Waals surface area (Å²) in [6, 6.07) is 9.00. The fourth-order valence-corrected chi connectivity index (χ4v) is 2.29. The van der Waals surface area contributed by atoms with Crippen LogP contribution in [0.5, 0.6) is 5.75 Å². The van der Waals surface area contributed by atoms with Gasteiger partial charge in [0.25, 0.3) is 0 Å². The number of fused-ring (bicyclic) bond motifs is 1. The van der Waals surface area contributed by atoms with Crippen LogP contribution in [0, 0.1) is 5.82 Å². The molecule has 3 aromatic rings. The first-order chi connectivity index (χ1) is 10.0. The lowest BCUT2D eigenvalue weighted by Crippen LogP contribution is -2.01. The maximum atomic E-state index is 13.5. The fraction of sp³-hybridized carbons (Fsp3) is 0.0714. The number of benzene rings is 2. The quantitative estimate of drug-likeness (QED) is 0.736. The van der Waals surface area contributed by atoms with Crippen LogP contribution in [-0.4, -0.2) is 16.6 Å². The van der Waals surface area contributed by atoms with E-state index in [4.69, 9.17) is 0 Å². The smallest absolute Gasteiger partial charge is 0.387 e. The van der Waals surface area contributed by atoms with Gasteiger partial charge in [0.2, 0.25) is 0 Å². The van der Waals surface area contributed by atoms with E-state index in [-0.39, 0.29) is 5.75 Å². The second kappa shape index (κ2) is 5.40. The number of rotatable bonds is 3. The topological polar surface area (TPSA) is 37.9 Å². The third kappa shape index (κ3) is 2.87. The van der Waals surface area contributed by atoms with Crippen LogP contribution in [-0.2, 0) is 0 Å². The average molecular weight is 357 g/mol. The van der Waals surface area contributed by atoms with Gasteiger partial charge in [0, 0.05) is 11.6 Å². The molecular weight excluding hydrogens is 349 g/mol. The zero-order valence-corrected chi connectivity index (χ0v) is 12.0. The molecule has 0 spiro atoms. The van der Waals surface area contributed by atoms with Crippen LogP contribution in [0.25, 0.3) is 22.4 Å². The van der Waals surface area contributed by atoms with Gasteiger partial charge in [-0.3, -0.25) is 0 Å². The second-order valence-electron chi connectivity index (χ2n) is 4.28. The van der Waals surface area contributed by atoms with Crippen LogP contribution in [0.1, 0.15) is 0 Å². The van der Waals surface area contributed by atoms with Crippen molar-refractivity contribution in [1.29, 1.82) is 0 Å². The molecule has 1 N–H and O–H groups in total. The minimum Gasteiger partial charge on any atom is -0.435 e. The molecule has 0 aliphatic heterocycles. The summed E-state index contributed by atoms with van der Waals surface area (Å²) in [5.41, 5.74) is 1.66. The Labute approximate surface area is 125 Å². The molecule has 0 aliphatic carbocycles. The molecule has 2 aromatic carbocycles. The van der Waals surface area contributed by atoms with E-state index in [9.17, 15) is 13.2 Å². The Kier molecular flexibility index (Phi) is 3.59. The lowest BCUT2D eigenvalue weighted by Gasteiger charge is -2.05. The molecule has 0 amide bonds. The van der Waals surface area contributed by atoms with Gasteiger partial charge < -0.3 is 9.72 Å². The number of aromatic amines is 1. The summed E-state index contributed by atoms with van der Waals surface area (Å²) < 4.78 is 42.6. The molecule has 0 fully saturated rings. The number of ether oxygens (including phenoxy) is 1. The maximum absolute atomic E-state index is 13.5. The van der Waals surface area contributed by atoms with Crippen LogP contribution < -0.4 is 4.74 Å². The summed E-state index contributed by atoms with van der Waals surface area (Å²) in [6.45, 7) is -2.89. The molecular formula is C14H8BrF3N2O. The zero-order chi connectivity index (χ0) is 15.0. The highest BCUT2D eigenvalue weighted by Gasteiger charge is 2.10. The number of imidazole rings is 1. The number of halogens is 4. The maximum Gasteiger partial charge on any atom is 0.387 e. The number of alkyl halides is 2. The SMILES string of the molecule is Fc1cc2[nH]c(-c3cccc(OC(F)F)c3)nc2cc1Br. The van der Waals surface area contributed by atoms with Crippen molar-refractivity contribution in [2.75, 3.05) is 0 Å². The number of hydrogen-bond acceptors (Lipinski definition) is 2. The minimum atomic E-state index is -2.89. The van der Waals surface area contributed by atoms with E-state index in [1.165, 1.54) is 18.2 Å². The average Bonchev–Trinajstić information content (AvgIpc) is 2.82. The lowest BCUT2D eigenvalue weighted by atomic mass is 10.2. The van der Waals surface area contributed by atoms with Crippen LogP contribution in [0.15, 0.2) is 40.9 Å². The van der Waals surface area contributed by atoms with Crippen molar-refractivity contribution < 1.29 is 17.9 Å². The van der Waals surface area contributed by atoms with Gasteiger partial charge in [0.1, 0.15) is 17.4 Å². The monoisotopic (exact) mass is 356 g/mol. The predicted octanol–water partition coefficient (Wildman–Crippen LogP) is 4.73. The molecule has 21 heavy (non-hydrogen) atoms. The van der Waals surface area contributed by atoms with Crippen LogP contribution in [0.4, 0.5) is 13.2 Å². The Morgan fingerprint density at radius 1 is 1.19 bits per heavy atom. The Morgan fingerprint density at radius 2 is 2.00 bits per heavy atom. The van der Waals surface area contributed by atoms with E-state index < -0.39 is 12.4 Å².